The van der Waals surface area contributed by atoms with E-state index in [0.29, 0.717) is 18.8 Å². The maximum absolute atomic E-state index is 11.6. The average Bonchev–Trinajstić information content (AvgIpc) is 2.82. The molecule has 0 radical (unpaired) electrons. The Labute approximate surface area is 105 Å². The van der Waals surface area contributed by atoms with Crippen LogP contribution in [-0.4, -0.2) is 29.1 Å². The van der Waals surface area contributed by atoms with Crippen molar-refractivity contribution >= 4 is 17.2 Å². The van der Waals surface area contributed by atoms with Crippen LogP contribution in [-0.2, 0) is 6.54 Å². The van der Waals surface area contributed by atoms with Crippen molar-refractivity contribution in [1.82, 2.24) is 10.3 Å². The molecule has 1 heterocycles. The first kappa shape index (κ1) is 14.1. The fraction of sp³-hybridized carbons (Fsp3) is 0.636. The first-order valence-corrected chi connectivity index (χ1v) is 6.69. The summed E-state index contributed by atoms with van der Waals surface area (Å²) in [6.45, 7) is 1.27. The second kappa shape index (κ2) is 8.16. The third kappa shape index (κ3) is 5.25. The summed E-state index contributed by atoms with van der Waals surface area (Å²) in [5, 5.41) is 13.9. The second-order valence-corrected chi connectivity index (χ2v) is 4.67. The molecule has 0 aliphatic carbocycles. The lowest BCUT2D eigenvalue weighted by atomic mass is 10.2. The van der Waals surface area contributed by atoms with Gasteiger partial charge in [-0.25, -0.2) is 4.98 Å². The monoisotopic (exact) mass is 257 g/mol. The zero-order valence-corrected chi connectivity index (χ0v) is 10.6. The van der Waals surface area contributed by atoms with Crippen LogP contribution in [0.5, 0.6) is 0 Å². The molecule has 0 aliphatic rings. The summed E-state index contributed by atoms with van der Waals surface area (Å²) in [6.07, 6.45) is 3.78. The molecule has 1 aromatic heterocycles. The van der Waals surface area contributed by atoms with E-state index in [1.807, 2.05) is 0 Å². The van der Waals surface area contributed by atoms with Crippen LogP contribution in [0, 0.1) is 0 Å². The van der Waals surface area contributed by atoms with E-state index in [-0.39, 0.29) is 12.5 Å². The number of thiazole rings is 1. The molecule has 5 nitrogen and oxygen atoms in total. The molecule has 0 atom stereocenters. The molecule has 0 aliphatic heterocycles. The highest BCUT2D eigenvalue weighted by atomic mass is 32.1. The Kier molecular flexibility index (Phi) is 6.76. The molecule has 0 saturated heterocycles. The van der Waals surface area contributed by atoms with E-state index >= 15 is 0 Å². The van der Waals surface area contributed by atoms with Gasteiger partial charge >= 0.3 is 0 Å². The fourth-order valence-corrected chi connectivity index (χ4v) is 2.05. The fourth-order valence-electron chi connectivity index (χ4n) is 1.39. The van der Waals surface area contributed by atoms with Gasteiger partial charge in [-0.05, 0) is 12.8 Å². The molecule has 0 spiro atoms. The van der Waals surface area contributed by atoms with Crippen molar-refractivity contribution in [2.24, 2.45) is 5.73 Å². The number of rotatable bonds is 8. The molecular weight excluding hydrogens is 238 g/mol. The van der Waals surface area contributed by atoms with Crippen molar-refractivity contribution in [1.29, 1.82) is 0 Å². The SMILES string of the molecule is NCc1nc(C(=O)NCCCCCCO)cs1. The van der Waals surface area contributed by atoms with E-state index in [4.69, 9.17) is 10.8 Å². The largest absolute Gasteiger partial charge is 0.396 e. The van der Waals surface area contributed by atoms with E-state index in [1.54, 1.807) is 5.38 Å². The minimum Gasteiger partial charge on any atom is -0.396 e. The summed E-state index contributed by atoms with van der Waals surface area (Å²) in [6, 6.07) is 0. The van der Waals surface area contributed by atoms with Crippen molar-refractivity contribution in [3.05, 3.63) is 16.1 Å². The standard InChI is InChI=1S/C11H19N3O2S/c12-7-10-14-9(8-17-10)11(16)13-5-3-1-2-4-6-15/h8,15H,1-7,12H2,(H,13,16). The molecular formula is C11H19N3O2S. The molecule has 1 rings (SSSR count). The number of aromatic nitrogens is 1. The minimum absolute atomic E-state index is 0.136. The van der Waals surface area contributed by atoms with E-state index in [1.165, 1.54) is 11.3 Å². The third-order valence-corrected chi connectivity index (χ3v) is 3.20. The highest BCUT2D eigenvalue weighted by molar-refractivity contribution is 7.09. The topological polar surface area (TPSA) is 88.2 Å². The van der Waals surface area contributed by atoms with Crippen LogP contribution in [0.15, 0.2) is 5.38 Å². The number of unbranched alkanes of at least 4 members (excludes halogenated alkanes) is 3. The number of hydrogen-bond acceptors (Lipinski definition) is 5. The van der Waals surface area contributed by atoms with E-state index in [9.17, 15) is 4.79 Å². The number of carbonyl (C=O) groups is 1. The lowest BCUT2D eigenvalue weighted by Gasteiger charge is -2.02. The van der Waals surface area contributed by atoms with Crippen molar-refractivity contribution in [2.75, 3.05) is 13.2 Å². The molecule has 17 heavy (non-hydrogen) atoms. The van der Waals surface area contributed by atoms with Gasteiger partial charge < -0.3 is 16.2 Å². The lowest BCUT2D eigenvalue weighted by Crippen LogP contribution is -2.24. The predicted octanol–water partition coefficient (Wildman–Crippen LogP) is 0.884. The number of aliphatic hydroxyl groups excluding tert-OH is 1. The molecule has 0 saturated carbocycles. The number of nitrogens with zero attached hydrogens (tertiary/aromatic N) is 1. The van der Waals surface area contributed by atoms with Gasteiger partial charge in [0.1, 0.15) is 10.7 Å². The highest BCUT2D eigenvalue weighted by Gasteiger charge is 2.08. The van der Waals surface area contributed by atoms with Crippen LogP contribution >= 0.6 is 11.3 Å². The first-order chi connectivity index (χ1) is 8.27. The van der Waals surface area contributed by atoms with Gasteiger partial charge in [-0.15, -0.1) is 11.3 Å². The number of carbonyl (C=O) groups excluding carboxylic acids is 1. The molecule has 6 heteroatoms. The van der Waals surface area contributed by atoms with Crippen LogP contribution in [0.3, 0.4) is 0 Å². The maximum Gasteiger partial charge on any atom is 0.270 e. The Morgan fingerprint density at radius 1 is 1.41 bits per heavy atom. The predicted molar refractivity (Wildman–Crippen MR) is 67.9 cm³/mol. The van der Waals surface area contributed by atoms with Crippen molar-refractivity contribution in [2.45, 2.75) is 32.2 Å². The summed E-state index contributed by atoms with van der Waals surface area (Å²) < 4.78 is 0. The normalized spacial score (nSPS) is 10.5. The summed E-state index contributed by atoms with van der Waals surface area (Å²) >= 11 is 1.40. The van der Waals surface area contributed by atoms with Gasteiger partial charge in [0.15, 0.2) is 0 Å². The Bertz CT molecular complexity index is 341. The van der Waals surface area contributed by atoms with Gasteiger partial charge in [0.05, 0.1) is 0 Å². The van der Waals surface area contributed by atoms with E-state index in [2.05, 4.69) is 10.3 Å². The number of nitrogens with two attached hydrogens (primary N) is 1. The van der Waals surface area contributed by atoms with Crippen molar-refractivity contribution in [3.63, 3.8) is 0 Å². The van der Waals surface area contributed by atoms with Gasteiger partial charge in [-0.2, -0.15) is 0 Å². The van der Waals surface area contributed by atoms with Crippen LogP contribution in [0.4, 0.5) is 0 Å². The quantitative estimate of drug-likeness (QED) is 0.603. The minimum atomic E-state index is -0.136. The zero-order chi connectivity index (χ0) is 12.5. The van der Waals surface area contributed by atoms with Crippen LogP contribution in [0.2, 0.25) is 0 Å². The van der Waals surface area contributed by atoms with Gasteiger partial charge in [0.2, 0.25) is 0 Å². The van der Waals surface area contributed by atoms with Gasteiger partial charge in [0.25, 0.3) is 5.91 Å². The lowest BCUT2D eigenvalue weighted by molar-refractivity contribution is 0.0948. The summed E-state index contributed by atoms with van der Waals surface area (Å²) in [5.41, 5.74) is 5.88. The van der Waals surface area contributed by atoms with E-state index in [0.717, 1.165) is 30.7 Å². The Morgan fingerprint density at radius 3 is 2.82 bits per heavy atom. The zero-order valence-electron chi connectivity index (χ0n) is 9.82. The van der Waals surface area contributed by atoms with Crippen LogP contribution in [0.25, 0.3) is 0 Å². The van der Waals surface area contributed by atoms with Gasteiger partial charge in [0, 0.05) is 25.1 Å². The van der Waals surface area contributed by atoms with Crippen LogP contribution in [0.1, 0.15) is 41.2 Å². The third-order valence-electron chi connectivity index (χ3n) is 2.33. The molecule has 1 amide bonds. The molecule has 0 unspecified atom stereocenters. The van der Waals surface area contributed by atoms with Crippen molar-refractivity contribution in [3.8, 4) is 0 Å². The van der Waals surface area contributed by atoms with E-state index < -0.39 is 0 Å². The Hall–Kier alpha value is -0.980. The molecule has 0 aromatic carbocycles. The molecule has 0 fully saturated rings. The average molecular weight is 257 g/mol. The second-order valence-electron chi connectivity index (χ2n) is 3.72. The van der Waals surface area contributed by atoms with Crippen molar-refractivity contribution < 1.29 is 9.90 Å². The van der Waals surface area contributed by atoms with Gasteiger partial charge in [-0.3, -0.25) is 4.79 Å². The van der Waals surface area contributed by atoms with Crippen LogP contribution < -0.4 is 11.1 Å². The molecule has 4 N–H and O–H groups in total. The number of nitrogens with one attached hydrogen (secondary N) is 1. The highest BCUT2D eigenvalue weighted by Crippen LogP contribution is 2.08. The smallest absolute Gasteiger partial charge is 0.270 e. The summed E-state index contributed by atoms with van der Waals surface area (Å²) in [4.78, 5) is 15.7. The number of aliphatic hydroxyl groups is 1. The van der Waals surface area contributed by atoms with Gasteiger partial charge in [-0.1, -0.05) is 12.8 Å². The summed E-state index contributed by atoms with van der Waals surface area (Å²) in [5.74, 6) is -0.136. The Morgan fingerprint density at radius 2 is 2.18 bits per heavy atom. The molecule has 0 bridgehead atoms. The summed E-state index contributed by atoms with van der Waals surface area (Å²) in [7, 11) is 0. The number of amides is 1. The number of hydrogen-bond donors (Lipinski definition) is 3. The Balaban J connectivity index is 2.16. The molecule has 96 valence electrons. The maximum atomic E-state index is 11.6. The molecule has 1 aromatic rings. The first-order valence-electron chi connectivity index (χ1n) is 5.81.